The first kappa shape index (κ1) is 22.4. The van der Waals surface area contributed by atoms with Gasteiger partial charge in [0.1, 0.15) is 28.8 Å². The Kier molecular flexibility index (Phi) is 4.95. The summed E-state index contributed by atoms with van der Waals surface area (Å²) in [6.07, 6.45) is 1.24. The molecule has 0 aromatic heterocycles. The highest BCUT2D eigenvalue weighted by Crippen LogP contribution is 2.68. The summed E-state index contributed by atoms with van der Waals surface area (Å²) in [5, 5.41) is 52.6. The van der Waals surface area contributed by atoms with Crippen LogP contribution in [0.5, 0.6) is 11.5 Å². The lowest BCUT2D eigenvalue weighted by molar-refractivity contribution is -0.260. The molecule has 0 bridgehead atoms. The molecule has 0 aliphatic heterocycles. The maximum absolute atomic E-state index is 12.9. The van der Waals surface area contributed by atoms with Crippen molar-refractivity contribution in [1.29, 1.82) is 0 Å². The first-order valence-corrected chi connectivity index (χ1v) is 10.8. The standard InChI is InChI=1S/C23H29ClO7/c1-10-16(13(26)6-14(27)18(10)24)20(29)31-15-8-22(4)17-11(7-21(2,3)19(17)28)5-12(9-25)23(15,22)30/h5-6,11,15,17,19,25-28,30H,7-9H2,1-4H3/t11-,15-,17-,19?,22-,23+/m1/s1. The van der Waals surface area contributed by atoms with E-state index in [0.717, 1.165) is 12.5 Å². The second-order valence-electron chi connectivity index (χ2n) is 10.2. The summed E-state index contributed by atoms with van der Waals surface area (Å²) in [4.78, 5) is 12.9. The Hall–Kier alpha value is -1.80. The first-order chi connectivity index (χ1) is 14.3. The van der Waals surface area contributed by atoms with Crippen molar-refractivity contribution in [1.82, 2.24) is 0 Å². The molecule has 1 aromatic rings. The SMILES string of the molecule is Cc1c(Cl)c(O)cc(O)c1C(=O)O[C@@H]1C[C@]2(C)[C@H]3C(O)C(C)(C)C[C@H]3C=C(CO)[C@]12O. The number of allylic oxidation sites excluding steroid dienone is 1. The topological polar surface area (TPSA) is 127 Å². The van der Waals surface area contributed by atoms with Crippen molar-refractivity contribution in [3.63, 3.8) is 0 Å². The van der Waals surface area contributed by atoms with Gasteiger partial charge in [0.2, 0.25) is 0 Å². The molecule has 170 valence electrons. The van der Waals surface area contributed by atoms with E-state index < -0.39 is 41.5 Å². The number of esters is 1. The third-order valence-electron chi connectivity index (χ3n) is 8.03. The molecule has 2 saturated carbocycles. The number of phenols is 2. The molecular weight excluding hydrogens is 424 g/mol. The van der Waals surface area contributed by atoms with Crippen LogP contribution in [0.15, 0.2) is 17.7 Å². The number of hydrogen-bond donors (Lipinski definition) is 5. The molecule has 0 amide bonds. The number of fused-ring (bicyclic) bond motifs is 3. The van der Waals surface area contributed by atoms with E-state index in [1.165, 1.54) is 6.92 Å². The highest BCUT2D eigenvalue weighted by atomic mass is 35.5. The maximum atomic E-state index is 12.9. The zero-order valence-corrected chi connectivity index (χ0v) is 18.8. The van der Waals surface area contributed by atoms with E-state index >= 15 is 0 Å². The number of aromatic hydroxyl groups is 2. The molecule has 6 atom stereocenters. The highest BCUT2D eigenvalue weighted by Gasteiger charge is 2.74. The van der Waals surface area contributed by atoms with E-state index in [0.29, 0.717) is 12.0 Å². The molecular formula is C23H29ClO7. The lowest BCUT2D eigenvalue weighted by Gasteiger charge is -2.65. The largest absolute Gasteiger partial charge is 0.507 e. The van der Waals surface area contributed by atoms with E-state index in [1.807, 2.05) is 26.8 Å². The Morgan fingerprint density at radius 1 is 1.23 bits per heavy atom. The Morgan fingerprint density at radius 3 is 2.48 bits per heavy atom. The number of halogens is 1. The van der Waals surface area contributed by atoms with Crippen LogP contribution in [0.1, 0.15) is 49.5 Å². The summed E-state index contributed by atoms with van der Waals surface area (Å²) < 4.78 is 5.61. The lowest BCUT2D eigenvalue weighted by atomic mass is 9.43. The Balaban J connectivity index is 1.68. The predicted molar refractivity (Wildman–Crippen MR) is 113 cm³/mol. The highest BCUT2D eigenvalue weighted by molar-refractivity contribution is 6.33. The molecule has 31 heavy (non-hydrogen) atoms. The molecule has 0 spiro atoms. The summed E-state index contributed by atoms with van der Waals surface area (Å²) in [5.41, 5.74) is -2.40. The predicted octanol–water partition coefficient (Wildman–Crippen LogP) is 2.68. The van der Waals surface area contributed by atoms with Gasteiger partial charge in [0, 0.05) is 17.4 Å². The van der Waals surface area contributed by atoms with E-state index in [1.54, 1.807) is 0 Å². The van der Waals surface area contributed by atoms with Crippen molar-refractivity contribution in [2.45, 2.75) is 58.3 Å². The number of benzene rings is 1. The second kappa shape index (κ2) is 6.85. The fraction of sp³-hybridized carbons (Fsp3) is 0.609. The average Bonchev–Trinajstić information content (AvgIpc) is 2.91. The van der Waals surface area contributed by atoms with Crippen LogP contribution in [-0.2, 0) is 4.74 Å². The number of aliphatic hydroxyl groups excluding tert-OH is 2. The lowest BCUT2D eigenvalue weighted by Crippen LogP contribution is -2.74. The molecule has 1 unspecified atom stereocenters. The zero-order valence-electron chi connectivity index (χ0n) is 18.0. The minimum atomic E-state index is -1.63. The van der Waals surface area contributed by atoms with Crippen LogP contribution in [0, 0.1) is 29.6 Å². The fourth-order valence-corrected chi connectivity index (χ4v) is 6.49. The van der Waals surface area contributed by atoms with Crippen molar-refractivity contribution in [2.24, 2.45) is 22.7 Å². The van der Waals surface area contributed by atoms with Crippen LogP contribution >= 0.6 is 11.6 Å². The van der Waals surface area contributed by atoms with Crippen molar-refractivity contribution >= 4 is 17.6 Å². The smallest absolute Gasteiger partial charge is 0.342 e. The first-order valence-electron chi connectivity index (χ1n) is 10.4. The third kappa shape index (κ3) is 2.80. The summed E-state index contributed by atoms with van der Waals surface area (Å²) >= 11 is 6.00. The van der Waals surface area contributed by atoms with E-state index in [2.05, 4.69) is 0 Å². The number of ether oxygens (including phenoxy) is 1. The van der Waals surface area contributed by atoms with Crippen molar-refractivity contribution in [3.05, 3.63) is 33.9 Å². The van der Waals surface area contributed by atoms with Crippen molar-refractivity contribution in [3.8, 4) is 11.5 Å². The number of phenolic OH excluding ortho intramolecular Hbond substituents is 2. The fourth-order valence-electron chi connectivity index (χ4n) is 6.34. The second-order valence-corrected chi connectivity index (χ2v) is 10.6. The van der Waals surface area contributed by atoms with Crippen LogP contribution in [0.3, 0.4) is 0 Å². The van der Waals surface area contributed by atoms with Crippen molar-refractivity contribution < 1.29 is 35.1 Å². The molecule has 3 aliphatic carbocycles. The quantitative estimate of drug-likeness (QED) is 0.352. The molecule has 0 radical (unpaired) electrons. The van der Waals surface area contributed by atoms with Gasteiger partial charge >= 0.3 is 5.97 Å². The monoisotopic (exact) mass is 452 g/mol. The summed E-state index contributed by atoms with van der Waals surface area (Å²) in [7, 11) is 0. The van der Waals surface area contributed by atoms with E-state index in [9.17, 15) is 30.3 Å². The van der Waals surface area contributed by atoms with E-state index in [4.69, 9.17) is 16.3 Å². The maximum Gasteiger partial charge on any atom is 0.342 e. The number of rotatable bonds is 3. The van der Waals surface area contributed by atoms with Gasteiger partial charge in [0.05, 0.1) is 17.7 Å². The molecule has 4 rings (SSSR count). The Labute approximate surface area is 185 Å². The van der Waals surface area contributed by atoms with Crippen LogP contribution in [0.4, 0.5) is 0 Å². The molecule has 5 N–H and O–H groups in total. The van der Waals surface area contributed by atoms with Crippen LogP contribution in [0.2, 0.25) is 5.02 Å². The van der Waals surface area contributed by atoms with Crippen molar-refractivity contribution in [2.75, 3.05) is 6.61 Å². The van der Waals surface area contributed by atoms with Gasteiger partial charge in [-0.05, 0) is 42.2 Å². The molecule has 1 aromatic carbocycles. The van der Waals surface area contributed by atoms with Gasteiger partial charge in [-0.15, -0.1) is 0 Å². The summed E-state index contributed by atoms with van der Waals surface area (Å²) in [6.45, 7) is 6.92. The van der Waals surface area contributed by atoms with Gasteiger partial charge in [-0.25, -0.2) is 4.79 Å². The summed E-state index contributed by atoms with van der Waals surface area (Å²) in [5.74, 6) is -1.95. The van der Waals surface area contributed by atoms with Gasteiger partial charge in [0.25, 0.3) is 0 Å². The minimum absolute atomic E-state index is 0.0104. The van der Waals surface area contributed by atoms with Gasteiger partial charge < -0.3 is 30.3 Å². The number of carbonyl (C=O) groups is 1. The van der Waals surface area contributed by atoms with Gasteiger partial charge in [0.15, 0.2) is 0 Å². The van der Waals surface area contributed by atoms with Gasteiger partial charge in [-0.2, -0.15) is 0 Å². The number of aliphatic hydroxyl groups is 3. The number of hydrogen-bond acceptors (Lipinski definition) is 7. The summed E-state index contributed by atoms with van der Waals surface area (Å²) in [6, 6.07) is 0.965. The average molecular weight is 453 g/mol. The Bertz CT molecular complexity index is 987. The zero-order chi connectivity index (χ0) is 23.1. The van der Waals surface area contributed by atoms with Crippen LogP contribution in [-0.4, -0.2) is 55.9 Å². The number of carbonyl (C=O) groups excluding carboxylic acids is 1. The van der Waals surface area contributed by atoms with Crippen LogP contribution in [0.25, 0.3) is 0 Å². The van der Waals surface area contributed by atoms with Crippen LogP contribution < -0.4 is 0 Å². The third-order valence-corrected chi connectivity index (χ3v) is 8.51. The molecule has 2 fully saturated rings. The Morgan fingerprint density at radius 2 is 1.87 bits per heavy atom. The molecule has 3 aliphatic rings. The van der Waals surface area contributed by atoms with Gasteiger partial charge in [-0.3, -0.25) is 0 Å². The molecule has 7 nitrogen and oxygen atoms in total. The minimum Gasteiger partial charge on any atom is -0.507 e. The molecule has 0 heterocycles. The van der Waals surface area contributed by atoms with Gasteiger partial charge in [-0.1, -0.05) is 38.4 Å². The van der Waals surface area contributed by atoms with E-state index in [-0.39, 0.29) is 39.1 Å². The normalized spacial score (nSPS) is 38.0. The molecule has 0 saturated heterocycles. The molecule has 8 heteroatoms.